The first-order chi connectivity index (χ1) is 31.7. The van der Waals surface area contributed by atoms with Gasteiger partial charge in [0.05, 0.1) is 27.8 Å². The number of nitrogens with zero attached hydrogens (tertiary/aromatic N) is 4. The first-order valence-corrected chi connectivity index (χ1v) is 23.2. The molecular formula is C57H35N5S2. The van der Waals surface area contributed by atoms with Crippen molar-refractivity contribution in [3.05, 3.63) is 217 Å². The molecule has 0 saturated heterocycles. The molecule has 5 nitrogen and oxygen atoms in total. The molecule has 1 N–H and O–H groups in total. The van der Waals surface area contributed by atoms with E-state index in [1.54, 1.807) is 0 Å². The van der Waals surface area contributed by atoms with E-state index >= 15 is 0 Å². The molecule has 5 heterocycles. The topological polar surface area (TPSA) is 46.6 Å². The Balaban J connectivity index is 1.08. The van der Waals surface area contributed by atoms with Crippen LogP contribution in [-0.4, -0.2) is 20.8 Å². The monoisotopic (exact) mass is 853 g/mol. The summed E-state index contributed by atoms with van der Waals surface area (Å²) in [4.78, 5) is 10.9. The van der Waals surface area contributed by atoms with Gasteiger partial charge in [0.15, 0.2) is 5.84 Å². The van der Waals surface area contributed by atoms with Gasteiger partial charge in [-0.1, -0.05) is 146 Å². The number of aliphatic imine (C=N–C) groups is 2. The van der Waals surface area contributed by atoms with Crippen molar-refractivity contribution in [3.63, 3.8) is 0 Å². The second-order valence-corrected chi connectivity index (χ2v) is 18.7. The van der Waals surface area contributed by atoms with Crippen molar-refractivity contribution < 1.29 is 0 Å². The third-order valence-electron chi connectivity index (χ3n) is 12.9. The van der Waals surface area contributed by atoms with E-state index in [4.69, 9.17) is 9.98 Å². The molecule has 0 aliphatic carbocycles. The predicted molar refractivity (Wildman–Crippen MR) is 273 cm³/mol. The third kappa shape index (κ3) is 5.29. The first kappa shape index (κ1) is 35.7. The molecule has 0 amide bonds. The van der Waals surface area contributed by atoms with Gasteiger partial charge in [0.1, 0.15) is 12.0 Å². The minimum atomic E-state index is -0.353. The number of hydrogen-bond donors (Lipinski definition) is 1. The standard InChI is InChI=1S/C57H35N5S2/c1-3-15-34(16-4-1)55-58-56(35-27-28-41-40-21-9-13-25-48(40)63-50(41)32-35)60-57(59-55)36-31-47(52-44-22-10-14-26-49(44)64-51(52)33-36)62-46-24-12-8-20-39(46)43-30-29-42-38-19-7-11-23-45(38)61(53(42)54(43)62)37-17-5-2-6-18-37/h1-33,56H,(H,58,59,60). The van der Waals surface area contributed by atoms with E-state index in [-0.39, 0.29) is 6.17 Å². The number of aromatic nitrogens is 2. The summed E-state index contributed by atoms with van der Waals surface area (Å²) >= 11 is 3.66. The van der Waals surface area contributed by atoms with Crippen molar-refractivity contribution in [2.75, 3.05) is 0 Å². The highest BCUT2D eigenvalue weighted by atomic mass is 32.1. The Bertz CT molecular complexity index is 4110. The van der Waals surface area contributed by atoms with Gasteiger partial charge in [-0.25, -0.2) is 9.98 Å². The molecule has 1 aliphatic heterocycles. The fourth-order valence-electron chi connectivity index (χ4n) is 10.1. The number of thiophene rings is 2. The maximum Gasteiger partial charge on any atom is 0.159 e. The van der Waals surface area contributed by atoms with Gasteiger partial charge < -0.3 is 14.5 Å². The zero-order chi connectivity index (χ0) is 41.9. The Morgan fingerprint density at radius 2 is 0.984 bits per heavy atom. The Hall–Kier alpha value is -7.84. The molecule has 0 spiro atoms. The molecule has 9 aromatic carbocycles. The van der Waals surface area contributed by atoms with Gasteiger partial charge in [0, 0.05) is 78.7 Å². The molecule has 4 aromatic heterocycles. The van der Waals surface area contributed by atoms with Crippen molar-refractivity contribution in [3.8, 4) is 11.4 Å². The summed E-state index contributed by atoms with van der Waals surface area (Å²) in [5.74, 6) is 1.50. The van der Waals surface area contributed by atoms with Crippen molar-refractivity contribution >= 4 is 118 Å². The van der Waals surface area contributed by atoms with Crippen molar-refractivity contribution in [2.24, 2.45) is 9.98 Å². The maximum absolute atomic E-state index is 5.51. The lowest BCUT2D eigenvalue weighted by Gasteiger charge is -2.24. The van der Waals surface area contributed by atoms with Crippen molar-refractivity contribution in [1.29, 1.82) is 0 Å². The van der Waals surface area contributed by atoms with E-state index in [0.717, 1.165) is 39.4 Å². The molecule has 7 heteroatoms. The molecule has 13 aromatic rings. The zero-order valence-corrected chi connectivity index (χ0v) is 35.9. The van der Waals surface area contributed by atoms with E-state index < -0.39 is 0 Å². The summed E-state index contributed by atoms with van der Waals surface area (Å²) < 4.78 is 9.97. The number of rotatable bonds is 5. The third-order valence-corrected chi connectivity index (χ3v) is 15.2. The molecule has 300 valence electrons. The fourth-order valence-corrected chi connectivity index (χ4v) is 12.5. The second-order valence-electron chi connectivity index (χ2n) is 16.5. The molecule has 1 atom stereocenters. The normalized spacial score (nSPS) is 14.4. The average Bonchev–Trinajstić information content (AvgIpc) is 4.11. The SMILES string of the molecule is c1ccc(C2=NC(c3cc(-n4c5ccccc5c5ccc6c7ccccc7n(-c7ccccc7)c6c54)c4c(c3)sc3ccccc34)=NC(c3ccc4c(c3)sc3ccccc34)N2)cc1. The largest absolute Gasteiger partial charge is 0.344 e. The van der Waals surface area contributed by atoms with Crippen LogP contribution < -0.4 is 5.32 Å². The molecule has 0 radical (unpaired) electrons. The van der Waals surface area contributed by atoms with Crippen LogP contribution in [0.1, 0.15) is 22.9 Å². The molecule has 0 fully saturated rings. The van der Waals surface area contributed by atoms with Crippen LogP contribution in [0.4, 0.5) is 0 Å². The Labute approximate surface area is 375 Å². The molecule has 14 rings (SSSR count). The molecule has 0 bridgehead atoms. The highest BCUT2D eigenvalue weighted by molar-refractivity contribution is 7.26. The minimum Gasteiger partial charge on any atom is -0.344 e. The van der Waals surface area contributed by atoms with Crippen LogP contribution in [0.15, 0.2) is 210 Å². The van der Waals surface area contributed by atoms with Crippen LogP contribution in [-0.2, 0) is 0 Å². The molecule has 1 unspecified atom stereocenters. The summed E-state index contributed by atoms with van der Waals surface area (Å²) in [6.07, 6.45) is -0.353. The summed E-state index contributed by atoms with van der Waals surface area (Å²) in [6, 6.07) is 72.5. The van der Waals surface area contributed by atoms with Gasteiger partial charge in [0.2, 0.25) is 0 Å². The highest BCUT2D eigenvalue weighted by Crippen LogP contribution is 2.46. The lowest BCUT2D eigenvalue weighted by Crippen LogP contribution is -2.33. The molecular weight excluding hydrogens is 819 g/mol. The Kier molecular flexibility index (Phi) is 7.72. The lowest BCUT2D eigenvalue weighted by atomic mass is 10.0. The van der Waals surface area contributed by atoms with E-state index in [2.05, 4.69) is 215 Å². The van der Waals surface area contributed by atoms with Crippen LogP contribution in [0.3, 0.4) is 0 Å². The predicted octanol–water partition coefficient (Wildman–Crippen LogP) is 15.1. The van der Waals surface area contributed by atoms with Crippen LogP contribution >= 0.6 is 22.7 Å². The van der Waals surface area contributed by atoms with E-state index in [0.29, 0.717) is 5.84 Å². The van der Waals surface area contributed by atoms with Crippen molar-refractivity contribution in [1.82, 2.24) is 14.5 Å². The number of amidine groups is 2. The number of para-hydroxylation sites is 3. The van der Waals surface area contributed by atoms with Crippen LogP contribution in [0, 0.1) is 0 Å². The van der Waals surface area contributed by atoms with E-state index in [9.17, 15) is 0 Å². The molecule has 1 aliphatic rings. The molecule has 0 saturated carbocycles. The Morgan fingerprint density at radius 1 is 0.422 bits per heavy atom. The van der Waals surface area contributed by atoms with Crippen LogP contribution in [0.25, 0.3) is 95.3 Å². The van der Waals surface area contributed by atoms with E-state index in [1.165, 1.54) is 78.4 Å². The highest BCUT2D eigenvalue weighted by Gasteiger charge is 2.26. The van der Waals surface area contributed by atoms with Gasteiger partial charge in [0.25, 0.3) is 0 Å². The van der Waals surface area contributed by atoms with Crippen LogP contribution in [0.5, 0.6) is 0 Å². The minimum absolute atomic E-state index is 0.353. The summed E-state index contributed by atoms with van der Waals surface area (Å²) in [5, 5.41) is 13.6. The Morgan fingerprint density at radius 3 is 1.73 bits per heavy atom. The lowest BCUT2D eigenvalue weighted by molar-refractivity contribution is 0.675. The maximum atomic E-state index is 5.51. The average molecular weight is 854 g/mol. The second kappa shape index (κ2) is 13.8. The number of hydrogen-bond acceptors (Lipinski definition) is 5. The number of benzene rings is 9. The number of nitrogens with one attached hydrogen (secondary N) is 1. The van der Waals surface area contributed by atoms with E-state index in [1.807, 2.05) is 22.7 Å². The quantitative estimate of drug-likeness (QED) is 0.184. The summed E-state index contributed by atoms with van der Waals surface area (Å²) in [7, 11) is 0. The fraction of sp³-hybridized carbons (Fsp3) is 0.0175. The van der Waals surface area contributed by atoms with Gasteiger partial charge in [-0.2, -0.15) is 0 Å². The van der Waals surface area contributed by atoms with Gasteiger partial charge in [-0.3, -0.25) is 0 Å². The zero-order valence-electron chi connectivity index (χ0n) is 34.2. The summed E-state index contributed by atoms with van der Waals surface area (Å²) in [6.45, 7) is 0. The van der Waals surface area contributed by atoms with Gasteiger partial charge in [-0.15, -0.1) is 22.7 Å². The summed E-state index contributed by atoms with van der Waals surface area (Å²) in [5.41, 5.74) is 10.0. The van der Waals surface area contributed by atoms with Crippen LogP contribution in [0.2, 0.25) is 0 Å². The molecule has 64 heavy (non-hydrogen) atoms. The van der Waals surface area contributed by atoms with Crippen molar-refractivity contribution in [2.45, 2.75) is 6.17 Å². The van der Waals surface area contributed by atoms with Gasteiger partial charge >= 0.3 is 0 Å². The van der Waals surface area contributed by atoms with Gasteiger partial charge in [-0.05, 0) is 60.2 Å². The first-order valence-electron chi connectivity index (χ1n) is 21.6. The number of fused-ring (bicyclic) bond motifs is 13. The smallest absolute Gasteiger partial charge is 0.159 e.